The molecule has 3 atom stereocenters. The highest BCUT2D eigenvalue weighted by Crippen LogP contribution is 2.38. The zero-order valence-corrected chi connectivity index (χ0v) is 15.8. The van der Waals surface area contributed by atoms with Gasteiger partial charge in [0.25, 0.3) is 0 Å². The first-order valence-electron chi connectivity index (χ1n) is 9.07. The van der Waals surface area contributed by atoms with Gasteiger partial charge in [-0.3, -0.25) is 4.79 Å². The predicted molar refractivity (Wildman–Crippen MR) is 99.6 cm³/mol. The lowest BCUT2D eigenvalue weighted by Gasteiger charge is -2.30. The molecule has 2 aromatic heterocycles. The molecule has 1 fully saturated rings. The van der Waals surface area contributed by atoms with Crippen LogP contribution in [0.4, 0.5) is 0 Å². The van der Waals surface area contributed by atoms with Gasteiger partial charge in [-0.1, -0.05) is 32.4 Å². The molecule has 0 N–H and O–H groups in total. The van der Waals surface area contributed by atoms with Crippen LogP contribution in [-0.4, -0.2) is 42.5 Å². The van der Waals surface area contributed by atoms with Crippen LogP contribution in [0.1, 0.15) is 50.2 Å². The zero-order valence-electron chi connectivity index (χ0n) is 14.9. The van der Waals surface area contributed by atoms with E-state index in [2.05, 4.69) is 35.4 Å². The van der Waals surface area contributed by atoms with Crippen molar-refractivity contribution in [1.29, 1.82) is 0 Å². The van der Waals surface area contributed by atoms with Gasteiger partial charge in [0.2, 0.25) is 5.91 Å². The molecule has 0 bridgehead atoms. The lowest BCUT2D eigenvalue weighted by Crippen LogP contribution is -2.39. The molecule has 0 spiro atoms. The summed E-state index contributed by atoms with van der Waals surface area (Å²) in [5.74, 6) is 0.246. The number of amides is 1. The topological polar surface area (TPSA) is 76.8 Å². The highest BCUT2D eigenvalue weighted by atomic mass is 32.1. The number of likely N-dealkylation sites (tertiary alicyclic amines) is 1. The SMILES string of the molecule is CCC(C)C(C(=O)N1CCCC1c1nc2ccccc2s1)n1cnnn1. The van der Waals surface area contributed by atoms with Crippen molar-refractivity contribution < 1.29 is 4.79 Å². The second kappa shape index (κ2) is 7.11. The minimum Gasteiger partial charge on any atom is -0.331 e. The first kappa shape index (κ1) is 17.1. The molecule has 0 saturated carbocycles. The number of benzene rings is 1. The van der Waals surface area contributed by atoms with Crippen molar-refractivity contribution in [2.75, 3.05) is 6.54 Å². The molecule has 3 unspecified atom stereocenters. The van der Waals surface area contributed by atoms with Crippen molar-refractivity contribution in [2.24, 2.45) is 5.92 Å². The molecule has 1 aliphatic heterocycles. The third kappa shape index (κ3) is 2.98. The Morgan fingerprint density at radius 1 is 1.38 bits per heavy atom. The Hall–Kier alpha value is -2.35. The molecule has 0 radical (unpaired) electrons. The Bertz CT molecular complexity index is 859. The summed E-state index contributed by atoms with van der Waals surface area (Å²) in [5.41, 5.74) is 1.01. The van der Waals surface area contributed by atoms with E-state index in [1.807, 2.05) is 23.1 Å². The van der Waals surface area contributed by atoms with E-state index in [9.17, 15) is 4.79 Å². The van der Waals surface area contributed by atoms with Gasteiger partial charge in [0.1, 0.15) is 17.4 Å². The second-order valence-corrected chi connectivity index (χ2v) is 7.89. The molecule has 1 aliphatic rings. The fourth-order valence-electron chi connectivity index (χ4n) is 3.63. The molecule has 4 rings (SSSR count). The molecule has 1 amide bonds. The maximum atomic E-state index is 13.4. The Balaban J connectivity index is 1.65. The van der Waals surface area contributed by atoms with Gasteiger partial charge in [0.15, 0.2) is 0 Å². The maximum absolute atomic E-state index is 13.4. The first-order chi connectivity index (χ1) is 12.7. The summed E-state index contributed by atoms with van der Waals surface area (Å²) in [6, 6.07) is 7.81. The number of hydrogen-bond donors (Lipinski definition) is 0. The number of aromatic nitrogens is 5. The van der Waals surface area contributed by atoms with E-state index in [0.29, 0.717) is 0 Å². The highest BCUT2D eigenvalue weighted by molar-refractivity contribution is 7.18. The lowest BCUT2D eigenvalue weighted by atomic mass is 9.97. The van der Waals surface area contributed by atoms with Crippen molar-refractivity contribution in [3.63, 3.8) is 0 Å². The number of tetrazole rings is 1. The van der Waals surface area contributed by atoms with E-state index in [-0.39, 0.29) is 23.9 Å². The van der Waals surface area contributed by atoms with Gasteiger partial charge in [-0.25, -0.2) is 9.67 Å². The molecule has 136 valence electrons. The smallest absolute Gasteiger partial charge is 0.248 e. The van der Waals surface area contributed by atoms with Crippen molar-refractivity contribution in [3.8, 4) is 0 Å². The lowest BCUT2D eigenvalue weighted by molar-refractivity contribution is -0.137. The zero-order chi connectivity index (χ0) is 18.1. The maximum Gasteiger partial charge on any atom is 0.248 e. The van der Waals surface area contributed by atoms with E-state index in [0.717, 1.165) is 36.3 Å². The van der Waals surface area contributed by atoms with Crippen molar-refractivity contribution in [2.45, 2.75) is 45.2 Å². The molecule has 0 aliphatic carbocycles. The number of fused-ring (bicyclic) bond motifs is 1. The van der Waals surface area contributed by atoms with Gasteiger partial charge in [0, 0.05) is 6.54 Å². The van der Waals surface area contributed by atoms with E-state index in [1.54, 1.807) is 16.0 Å². The Morgan fingerprint density at radius 3 is 2.96 bits per heavy atom. The Kier molecular flexibility index (Phi) is 4.67. The average Bonchev–Trinajstić information content (AvgIpc) is 3.39. The van der Waals surface area contributed by atoms with E-state index < -0.39 is 0 Å². The molecule has 7 nitrogen and oxygen atoms in total. The van der Waals surface area contributed by atoms with Crippen LogP contribution in [0.2, 0.25) is 0 Å². The molecule has 1 saturated heterocycles. The number of hydrogen-bond acceptors (Lipinski definition) is 6. The van der Waals surface area contributed by atoms with Gasteiger partial charge in [-0.2, -0.15) is 0 Å². The summed E-state index contributed by atoms with van der Waals surface area (Å²) >= 11 is 1.69. The molecular formula is C18H22N6OS. The monoisotopic (exact) mass is 370 g/mol. The third-order valence-electron chi connectivity index (χ3n) is 5.22. The molecule has 8 heteroatoms. The summed E-state index contributed by atoms with van der Waals surface area (Å²) in [7, 11) is 0. The largest absolute Gasteiger partial charge is 0.331 e. The number of carbonyl (C=O) groups excluding carboxylic acids is 1. The van der Waals surface area contributed by atoms with Crippen LogP contribution in [-0.2, 0) is 4.79 Å². The molecule has 1 aromatic carbocycles. The predicted octanol–water partition coefficient (Wildman–Crippen LogP) is 3.23. The van der Waals surface area contributed by atoms with Crippen LogP contribution in [0, 0.1) is 5.92 Å². The van der Waals surface area contributed by atoms with Gasteiger partial charge in [-0.15, -0.1) is 16.4 Å². The van der Waals surface area contributed by atoms with Crippen LogP contribution in [0.5, 0.6) is 0 Å². The first-order valence-corrected chi connectivity index (χ1v) is 9.89. The van der Waals surface area contributed by atoms with Crippen molar-refractivity contribution >= 4 is 27.5 Å². The summed E-state index contributed by atoms with van der Waals surface area (Å²) < 4.78 is 2.77. The van der Waals surface area contributed by atoms with E-state index in [4.69, 9.17) is 4.98 Å². The fourth-order valence-corrected chi connectivity index (χ4v) is 4.74. The molecular weight excluding hydrogens is 348 g/mol. The normalized spacial score (nSPS) is 19.8. The second-order valence-electron chi connectivity index (χ2n) is 6.83. The van der Waals surface area contributed by atoms with Gasteiger partial charge < -0.3 is 4.90 Å². The summed E-state index contributed by atoms with van der Waals surface area (Å²) in [5, 5.41) is 12.5. The van der Waals surface area contributed by atoms with Crippen molar-refractivity contribution in [1.82, 2.24) is 30.1 Å². The quantitative estimate of drug-likeness (QED) is 0.689. The average molecular weight is 370 g/mol. The number of rotatable bonds is 5. The summed E-state index contributed by atoms with van der Waals surface area (Å²) in [6.07, 6.45) is 4.37. The number of para-hydroxylation sites is 1. The van der Waals surface area contributed by atoms with Gasteiger partial charge in [-0.05, 0) is 41.3 Å². The molecule has 26 heavy (non-hydrogen) atoms. The summed E-state index contributed by atoms with van der Waals surface area (Å²) in [6.45, 7) is 4.92. The van der Waals surface area contributed by atoms with Crippen molar-refractivity contribution in [3.05, 3.63) is 35.6 Å². The number of nitrogens with zero attached hydrogens (tertiary/aromatic N) is 6. The summed E-state index contributed by atoms with van der Waals surface area (Å²) in [4.78, 5) is 20.2. The van der Waals surface area contributed by atoms with Gasteiger partial charge in [0.05, 0.1) is 16.3 Å². The number of carbonyl (C=O) groups is 1. The minimum absolute atomic E-state index is 0.0444. The van der Waals surface area contributed by atoms with Crippen LogP contribution in [0.15, 0.2) is 30.6 Å². The fraction of sp³-hybridized carbons (Fsp3) is 0.500. The Morgan fingerprint density at radius 2 is 2.23 bits per heavy atom. The molecule has 3 aromatic rings. The number of thiazole rings is 1. The minimum atomic E-state index is -0.370. The third-order valence-corrected chi connectivity index (χ3v) is 6.35. The standard InChI is InChI=1S/C18H22N6OS/c1-3-12(2)16(24-11-19-21-22-24)18(25)23-10-6-8-14(23)17-20-13-7-4-5-9-15(13)26-17/h4-5,7,9,11-12,14,16H,3,6,8,10H2,1-2H3. The highest BCUT2D eigenvalue weighted by Gasteiger charge is 2.38. The van der Waals surface area contributed by atoms with Gasteiger partial charge >= 0.3 is 0 Å². The van der Waals surface area contributed by atoms with Crippen LogP contribution in [0.3, 0.4) is 0 Å². The van der Waals surface area contributed by atoms with E-state index >= 15 is 0 Å². The molecule has 3 heterocycles. The van der Waals surface area contributed by atoms with E-state index in [1.165, 1.54) is 11.0 Å². The van der Waals surface area contributed by atoms with Crippen LogP contribution in [0.25, 0.3) is 10.2 Å². The van der Waals surface area contributed by atoms with Crippen LogP contribution >= 0.6 is 11.3 Å². The van der Waals surface area contributed by atoms with Crippen LogP contribution < -0.4 is 0 Å². The Labute approximate surface area is 156 Å².